The van der Waals surface area contributed by atoms with Gasteiger partial charge in [0.05, 0.1) is 11.0 Å². The van der Waals surface area contributed by atoms with Gasteiger partial charge in [-0.05, 0) is 38.3 Å². The number of nitro groups is 1. The largest absolute Gasteiger partial charge is 0.484 e. The SMILES string of the molecule is CC(=O)c1ccc(OC2CCC2)c([N+](=O)[O-])c1. The second kappa shape index (κ2) is 4.53. The average Bonchev–Trinajstić information content (AvgIpc) is 2.23. The van der Waals surface area contributed by atoms with Crippen LogP contribution in [0, 0.1) is 10.1 Å². The minimum Gasteiger partial charge on any atom is -0.484 e. The van der Waals surface area contributed by atoms with Crippen molar-refractivity contribution >= 4 is 11.5 Å². The number of ketones is 1. The molecule has 0 unspecified atom stereocenters. The first-order chi connectivity index (χ1) is 8.08. The minimum absolute atomic E-state index is 0.0804. The lowest BCUT2D eigenvalue weighted by molar-refractivity contribution is -0.386. The molecule has 0 saturated heterocycles. The number of hydrogen-bond donors (Lipinski definition) is 0. The Morgan fingerprint density at radius 2 is 2.18 bits per heavy atom. The highest BCUT2D eigenvalue weighted by molar-refractivity contribution is 5.95. The number of carbonyl (C=O) groups is 1. The maximum atomic E-state index is 11.2. The summed E-state index contributed by atoms with van der Waals surface area (Å²) >= 11 is 0. The van der Waals surface area contributed by atoms with Crippen molar-refractivity contribution in [3.63, 3.8) is 0 Å². The Morgan fingerprint density at radius 1 is 1.47 bits per heavy atom. The summed E-state index contributed by atoms with van der Waals surface area (Å²) in [6.45, 7) is 1.38. The van der Waals surface area contributed by atoms with Crippen LogP contribution < -0.4 is 4.74 Å². The van der Waals surface area contributed by atoms with E-state index >= 15 is 0 Å². The molecule has 0 N–H and O–H groups in total. The molecule has 0 radical (unpaired) electrons. The van der Waals surface area contributed by atoms with Crippen LogP contribution in [0.5, 0.6) is 5.75 Å². The van der Waals surface area contributed by atoms with Crippen LogP contribution in [0.4, 0.5) is 5.69 Å². The molecule has 0 bridgehead atoms. The van der Waals surface area contributed by atoms with Gasteiger partial charge >= 0.3 is 5.69 Å². The normalized spacial score (nSPS) is 15.1. The second-order valence-electron chi connectivity index (χ2n) is 4.17. The van der Waals surface area contributed by atoms with E-state index in [1.165, 1.54) is 19.1 Å². The first kappa shape index (κ1) is 11.6. The van der Waals surface area contributed by atoms with Crippen molar-refractivity contribution in [1.82, 2.24) is 0 Å². The predicted octanol–water partition coefficient (Wildman–Crippen LogP) is 2.73. The van der Waals surface area contributed by atoms with Crippen molar-refractivity contribution in [3.8, 4) is 5.75 Å². The van der Waals surface area contributed by atoms with Crippen molar-refractivity contribution in [2.24, 2.45) is 0 Å². The number of ether oxygens (including phenoxy) is 1. The number of nitro benzene ring substituents is 1. The lowest BCUT2D eigenvalue weighted by Crippen LogP contribution is -2.24. The molecular weight excluding hydrogens is 222 g/mol. The number of Topliss-reactive ketones (excluding diaryl/α,β-unsaturated/α-hetero) is 1. The number of rotatable bonds is 4. The van der Waals surface area contributed by atoms with Crippen LogP contribution >= 0.6 is 0 Å². The Balaban J connectivity index is 2.30. The Morgan fingerprint density at radius 3 is 2.65 bits per heavy atom. The van der Waals surface area contributed by atoms with Crippen LogP contribution in [0.3, 0.4) is 0 Å². The topological polar surface area (TPSA) is 69.4 Å². The number of hydrogen-bond acceptors (Lipinski definition) is 4. The molecule has 0 heterocycles. The van der Waals surface area contributed by atoms with Gasteiger partial charge in [0.2, 0.25) is 0 Å². The molecule has 1 aromatic rings. The number of benzene rings is 1. The van der Waals surface area contributed by atoms with E-state index in [4.69, 9.17) is 4.74 Å². The molecule has 5 nitrogen and oxygen atoms in total. The van der Waals surface area contributed by atoms with Gasteiger partial charge in [-0.1, -0.05) is 0 Å². The van der Waals surface area contributed by atoms with Crippen LogP contribution in [0.1, 0.15) is 36.5 Å². The summed E-state index contributed by atoms with van der Waals surface area (Å²) in [5.74, 6) is 0.0630. The summed E-state index contributed by atoms with van der Waals surface area (Å²) in [6, 6.07) is 4.34. The summed E-state index contributed by atoms with van der Waals surface area (Å²) in [5, 5.41) is 10.9. The molecule has 1 saturated carbocycles. The van der Waals surface area contributed by atoms with Crippen molar-refractivity contribution < 1.29 is 14.5 Å². The summed E-state index contributed by atoms with van der Waals surface area (Å²) in [6.07, 6.45) is 3.05. The van der Waals surface area contributed by atoms with Crippen LogP contribution in [-0.4, -0.2) is 16.8 Å². The Kier molecular flexibility index (Phi) is 3.08. The van der Waals surface area contributed by atoms with Crippen LogP contribution in [0.15, 0.2) is 18.2 Å². The minimum atomic E-state index is -0.513. The van der Waals surface area contributed by atoms with E-state index in [2.05, 4.69) is 0 Å². The highest BCUT2D eigenvalue weighted by Gasteiger charge is 2.24. The van der Waals surface area contributed by atoms with E-state index in [1.807, 2.05) is 0 Å². The molecule has 0 atom stereocenters. The van der Waals surface area contributed by atoms with Crippen molar-refractivity contribution in [2.45, 2.75) is 32.3 Å². The zero-order valence-electron chi connectivity index (χ0n) is 9.51. The Bertz CT molecular complexity index is 466. The third-order valence-corrected chi connectivity index (χ3v) is 2.91. The highest BCUT2D eigenvalue weighted by Crippen LogP contribution is 2.32. The molecule has 2 rings (SSSR count). The maximum absolute atomic E-state index is 11.2. The zero-order chi connectivity index (χ0) is 12.4. The lowest BCUT2D eigenvalue weighted by atomic mass is 9.96. The molecule has 5 heteroatoms. The van der Waals surface area contributed by atoms with E-state index < -0.39 is 4.92 Å². The van der Waals surface area contributed by atoms with E-state index in [-0.39, 0.29) is 23.3 Å². The third-order valence-electron chi connectivity index (χ3n) is 2.91. The van der Waals surface area contributed by atoms with Crippen LogP contribution in [0.25, 0.3) is 0 Å². The van der Waals surface area contributed by atoms with Gasteiger partial charge in [0, 0.05) is 11.6 Å². The van der Waals surface area contributed by atoms with Gasteiger partial charge in [0.15, 0.2) is 11.5 Å². The van der Waals surface area contributed by atoms with Crippen LogP contribution in [-0.2, 0) is 0 Å². The lowest BCUT2D eigenvalue weighted by Gasteiger charge is -2.26. The van der Waals surface area contributed by atoms with E-state index in [9.17, 15) is 14.9 Å². The smallest absolute Gasteiger partial charge is 0.311 e. The predicted molar refractivity (Wildman–Crippen MR) is 61.4 cm³/mol. The molecule has 1 aromatic carbocycles. The van der Waals surface area contributed by atoms with E-state index in [0.717, 1.165) is 19.3 Å². The molecular formula is C12H13NO4. The van der Waals surface area contributed by atoms with Crippen molar-refractivity contribution in [3.05, 3.63) is 33.9 Å². The van der Waals surface area contributed by atoms with Crippen LogP contribution in [0.2, 0.25) is 0 Å². The molecule has 0 aromatic heterocycles. The molecule has 1 aliphatic rings. The molecule has 1 aliphatic carbocycles. The summed E-state index contributed by atoms with van der Waals surface area (Å²) < 4.78 is 5.52. The molecule has 17 heavy (non-hydrogen) atoms. The van der Waals surface area contributed by atoms with Gasteiger partial charge in [0.1, 0.15) is 0 Å². The average molecular weight is 235 g/mol. The number of nitrogens with zero attached hydrogens (tertiary/aromatic N) is 1. The maximum Gasteiger partial charge on any atom is 0.311 e. The van der Waals surface area contributed by atoms with Crippen molar-refractivity contribution in [1.29, 1.82) is 0 Å². The standard InChI is InChI=1S/C12H13NO4/c1-8(14)9-5-6-12(11(7-9)13(15)16)17-10-3-2-4-10/h5-7,10H,2-4H2,1H3. The summed E-state index contributed by atoms with van der Waals surface area (Å²) in [5.41, 5.74) is 0.197. The zero-order valence-corrected chi connectivity index (χ0v) is 9.51. The van der Waals surface area contributed by atoms with E-state index in [1.54, 1.807) is 6.07 Å². The molecule has 1 fully saturated rings. The van der Waals surface area contributed by atoms with Gasteiger partial charge in [-0.3, -0.25) is 14.9 Å². The van der Waals surface area contributed by atoms with E-state index in [0.29, 0.717) is 5.56 Å². The molecule has 0 aliphatic heterocycles. The second-order valence-corrected chi connectivity index (χ2v) is 4.17. The van der Waals surface area contributed by atoms with Gasteiger partial charge in [0.25, 0.3) is 0 Å². The van der Waals surface area contributed by atoms with Crippen molar-refractivity contribution in [2.75, 3.05) is 0 Å². The Hall–Kier alpha value is -1.91. The monoisotopic (exact) mass is 235 g/mol. The fourth-order valence-corrected chi connectivity index (χ4v) is 1.65. The highest BCUT2D eigenvalue weighted by atomic mass is 16.6. The quantitative estimate of drug-likeness (QED) is 0.457. The molecule has 0 spiro atoms. The van der Waals surface area contributed by atoms with Gasteiger partial charge in [-0.2, -0.15) is 0 Å². The fraction of sp³-hybridized carbons (Fsp3) is 0.417. The van der Waals surface area contributed by atoms with Gasteiger partial charge < -0.3 is 4.74 Å². The first-order valence-corrected chi connectivity index (χ1v) is 5.54. The third kappa shape index (κ3) is 2.43. The summed E-state index contributed by atoms with van der Waals surface area (Å²) in [4.78, 5) is 21.5. The molecule has 90 valence electrons. The van der Waals surface area contributed by atoms with Gasteiger partial charge in [-0.15, -0.1) is 0 Å². The molecule has 0 amide bonds. The first-order valence-electron chi connectivity index (χ1n) is 5.54. The Labute approximate surface area is 98.5 Å². The number of carbonyl (C=O) groups excluding carboxylic acids is 1. The van der Waals surface area contributed by atoms with Gasteiger partial charge in [-0.25, -0.2) is 0 Å². The summed E-state index contributed by atoms with van der Waals surface area (Å²) in [7, 11) is 0. The fourth-order valence-electron chi connectivity index (χ4n) is 1.65.